The fourth-order valence-electron chi connectivity index (χ4n) is 2.63. The molecule has 3 aromatic rings. The Labute approximate surface area is 126 Å². The standard InChI is InChI=1S/C16H15N3O3/c1-10-16(19(20)21)15(22-17-10)9-8-12-11(2)18(3)14-7-5-4-6-13(12)14/h4-9H,1-3H3/b9-8-. The first-order chi connectivity index (χ1) is 10.5. The number of aromatic nitrogens is 2. The van der Waals surface area contributed by atoms with Crippen LogP contribution in [-0.2, 0) is 7.05 Å². The van der Waals surface area contributed by atoms with Crippen LogP contribution in [0.4, 0.5) is 5.69 Å². The van der Waals surface area contributed by atoms with Gasteiger partial charge in [-0.1, -0.05) is 23.4 Å². The predicted molar refractivity (Wildman–Crippen MR) is 84.5 cm³/mol. The van der Waals surface area contributed by atoms with Gasteiger partial charge < -0.3 is 9.09 Å². The summed E-state index contributed by atoms with van der Waals surface area (Å²) in [5, 5.41) is 15.8. The minimum Gasteiger partial charge on any atom is -0.349 e. The zero-order valence-electron chi connectivity index (χ0n) is 12.5. The minimum atomic E-state index is -0.471. The lowest BCUT2D eigenvalue weighted by atomic mass is 10.1. The molecule has 0 amide bonds. The van der Waals surface area contributed by atoms with Gasteiger partial charge in [0.15, 0.2) is 5.69 Å². The van der Waals surface area contributed by atoms with E-state index in [1.165, 1.54) is 0 Å². The third-order valence-electron chi connectivity index (χ3n) is 3.89. The SMILES string of the molecule is Cc1noc(/C=C\c2c(C)n(C)c3ccccc23)c1[N+](=O)[O-]. The highest BCUT2D eigenvalue weighted by Crippen LogP contribution is 2.29. The second kappa shape index (κ2) is 5.14. The van der Waals surface area contributed by atoms with Crippen LogP contribution in [0.25, 0.3) is 23.1 Å². The number of hydrogen-bond donors (Lipinski definition) is 0. The average molecular weight is 297 g/mol. The maximum absolute atomic E-state index is 11.1. The average Bonchev–Trinajstić information content (AvgIpc) is 2.98. The van der Waals surface area contributed by atoms with Crippen molar-refractivity contribution in [2.75, 3.05) is 0 Å². The molecule has 0 atom stereocenters. The van der Waals surface area contributed by atoms with E-state index in [1.807, 2.05) is 44.3 Å². The summed E-state index contributed by atoms with van der Waals surface area (Å²) in [7, 11) is 2.00. The van der Waals surface area contributed by atoms with Gasteiger partial charge in [-0.15, -0.1) is 0 Å². The van der Waals surface area contributed by atoms with E-state index >= 15 is 0 Å². The maximum atomic E-state index is 11.1. The molecular weight excluding hydrogens is 282 g/mol. The highest BCUT2D eigenvalue weighted by atomic mass is 16.6. The number of para-hydroxylation sites is 1. The summed E-state index contributed by atoms with van der Waals surface area (Å²) in [5.74, 6) is 0.162. The van der Waals surface area contributed by atoms with Gasteiger partial charge in [0, 0.05) is 29.2 Å². The molecule has 0 aliphatic heterocycles. The highest BCUT2D eigenvalue weighted by molar-refractivity contribution is 5.93. The minimum absolute atomic E-state index is 0.0888. The Balaban J connectivity index is 2.11. The molecule has 112 valence electrons. The van der Waals surface area contributed by atoms with E-state index in [0.717, 1.165) is 22.2 Å². The fourth-order valence-corrected chi connectivity index (χ4v) is 2.63. The number of benzene rings is 1. The number of rotatable bonds is 3. The molecule has 0 saturated heterocycles. The third kappa shape index (κ3) is 2.09. The number of hydrogen-bond acceptors (Lipinski definition) is 4. The zero-order chi connectivity index (χ0) is 15.9. The van der Waals surface area contributed by atoms with Crippen molar-refractivity contribution in [1.29, 1.82) is 0 Å². The largest absolute Gasteiger partial charge is 0.349 e. The fraction of sp³-hybridized carbons (Fsp3) is 0.188. The second-order valence-corrected chi connectivity index (χ2v) is 5.15. The van der Waals surface area contributed by atoms with Crippen LogP contribution in [0, 0.1) is 24.0 Å². The summed E-state index contributed by atoms with van der Waals surface area (Å²) in [5.41, 5.74) is 3.40. The Morgan fingerprint density at radius 1 is 1.27 bits per heavy atom. The lowest BCUT2D eigenvalue weighted by Crippen LogP contribution is -1.90. The maximum Gasteiger partial charge on any atom is 0.338 e. The van der Waals surface area contributed by atoms with Gasteiger partial charge in [0.25, 0.3) is 0 Å². The molecule has 0 bridgehead atoms. The molecule has 1 aromatic carbocycles. The predicted octanol–water partition coefficient (Wildman–Crippen LogP) is 3.86. The normalized spacial score (nSPS) is 11.6. The van der Waals surface area contributed by atoms with Gasteiger partial charge in [-0.3, -0.25) is 10.1 Å². The van der Waals surface area contributed by atoms with E-state index in [2.05, 4.69) is 9.72 Å². The lowest BCUT2D eigenvalue weighted by Gasteiger charge is -1.97. The molecule has 0 spiro atoms. The Morgan fingerprint density at radius 3 is 2.73 bits per heavy atom. The summed E-state index contributed by atoms with van der Waals surface area (Å²) in [6, 6.07) is 8.03. The molecule has 0 unspecified atom stereocenters. The Kier molecular flexibility index (Phi) is 3.29. The van der Waals surface area contributed by atoms with E-state index in [9.17, 15) is 10.1 Å². The van der Waals surface area contributed by atoms with E-state index in [1.54, 1.807) is 13.0 Å². The Hall–Kier alpha value is -2.89. The van der Waals surface area contributed by atoms with Crippen LogP contribution in [0.1, 0.15) is 22.7 Å². The Bertz CT molecular complexity index is 903. The van der Waals surface area contributed by atoms with Crippen molar-refractivity contribution in [2.24, 2.45) is 7.05 Å². The van der Waals surface area contributed by atoms with Crippen molar-refractivity contribution >= 4 is 28.7 Å². The molecule has 0 saturated carbocycles. The number of nitro groups is 1. The van der Waals surface area contributed by atoms with Crippen LogP contribution in [0.5, 0.6) is 0 Å². The molecule has 6 nitrogen and oxygen atoms in total. The van der Waals surface area contributed by atoms with Crippen molar-refractivity contribution in [3.8, 4) is 0 Å². The van der Waals surface area contributed by atoms with E-state index in [-0.39, 0.29) is 17.1 Å². The van der Waals surface area contributed by atoms with Gasteiger partial charge in [-0.05, 0) is 32.1 Å². The van der Waals surface area contributed by atoms with Crippen LogP contribution in [-0.4, -0.2) is 14.6 Å². The molecule has 0 N–H and O–H groups in total. The van der Waals surface area contributed by atoms with Crippen LogP contribution in [0.2, 0.25) is 0 Å². The van der Waals surface area contributed by atoms with Gasteiger partial charge >= 0.3 is 5.69 Å². The molecule has 0 aliphatic rings. The molecule has 0 aliphatic carbocycles. The van der Waals surface area contributed by atoms with E-state index in [4.69, 9.17) is 4.52 Å². The van der Waals surface area contributed by atoms with Crippen molar-refractivity contribution < 1.29 is 9.45 Å². The monoisotopic (exact) mass is 297 g/mol. The molecule has 2 aromatic heterocycles. The molecule has 2 heterocycles. The number of nitrogens with zero attached hydrogens (tertiary/aromatic N) is 3. The van der Waals surface area contributed by atoms with Gasteiger partial charge in [0.05, 0.1) is 4.92 Å². The quantitative estimate of drug-likeness (QED) is 0.543. The van der Waals surface area contributed by atoms with Crippen molar-refractivity contribution in [2.45, 2.75) is 13.8 Å². The Morgan fingerprint density at radius 2 is 2.00 bits per heavy atom. The molecule has 6 heteroatoms. The highest BCUT2D eigenvalue weighted by Gasteiger charge is 2.22. The second-order valence-electron chi connectivity index (χ2n) is 5.15. The molecule has 0 fully saturated rings. The van der Waals surface area contributed by atoms with E-state index < -0.39 is 4.92 Å². The molecule has 3 rings (SSSR count). The number of aryl methyl sites for hydroxylation is 2. The van der Waals surface area contributed by atoms with Crippen molar-refractivity contribution in [3.05, 3.63) is 57.1 Å². The van der Waals surface area contributed by atoms with Gasteiger partial charge in [-0.25, -0.2) is 0 Å². The third-order valence-corrected chi connectivity index (χ3v) is 3.89. The van der Waals surface area contributed by atoms with Crippen LogP contribution >= 0.6 is 0 Å². The summed E-state index contributed by atoms with van der Waals surface area (Å²) in [6.07, 6.45) is 3.44. The smallest absolute Gasteiger partial charge is 0.338 e. The van der Waals surface area contributed by atoms with E-state index in [0.29, 0.717) is 0 Å². The van der Waals surface area contributed by atoms with Gasteiger partial charge in [0.2, 0.25) is 5.76 Å². The first-order valence-electron chi connectivity index (χ1n) is 6.83. The molecule has 22 heavy (non-hydrogen) atoms. The molecule has 0 radical (unpaired) electrons. The number of fused-ring (bicyclic) bond motifs is 1. The first kappa shape index (κ1) is 14.1. The summed E-state index contributed by atoms with van der Waals surface area (Å²) < 4.78 is 7.14. The lowest BCUT2D eigenvalue weighted by molar-refractivity contribution is -0.386. The van der Waals surface area contributed by atoms with Crippen molar-refractivity contribution in [1.82, 2.24) is 9.72 Å². The first-order valence-corrected chi connectivity index (χ1v) is 6.83. The van der Waals surface area contributed by atoms with Gasteiger partial charge in [-0.2, -0.15) is 0 Å². The topological polar surface area (TPSA) is 74.1 Å². The zero-order valence-corrected chi connectivity index (χ0v) is 12.5. The summed E-state index contributed by atoms with van der Waals surface area (Å²) >= 11 is 0. The summed E-state index contributed by atoms with van der Waals surface area (Å²) in [4.78, 5) is 10.6. The van der Waals surface area contributed by atoms with Crippen LogP contribution in [0.15, 0.2) is 28.8 Å². The van der Waals surface area contributed by atoms with Crippen LogP contribution in [0.3, 0.4) is 0 Å². The van der Waals surface area contributed by atoms with Crippen LogP contribution < -0.4 is 0 Å². The summed E-state index contributed by atoms with van der Waals surface area (Å²) in [6.45, 7) is 3.57. The van der Waals surface area contributed by atoms with Crippen molar-refractivity contribution in [3.63, 3.8) is 0 Å². The molecular formula is C16H15N3O3. The van der Waals surface area contributed by atoms with Gasteiger partial charge in [0.1, 0.15) is 0 Å².